The van der Waals surface area contributed by atoms with Crippen molar-refractivity contribution >= 4 is 16.0 Å². The Morgan fingerprint density at radius 2 is 2.08 bits per heavy atom. The van der Waals surface area contributed by atoms with Crippen LogP contribution in [0.15, 0.2) is 34.2 Å². The number of nitrogens with zero attached hydrogens (tertiary/aromatic N) is 2. The van der Waals surface area contributed by atoms with E-state index in [2.05, 4.69) is 19.9 Å². The Hall–Kier alpha value is -1.64. The summed E-state index contributed by atoms with van der Waals surface area (Å²) in [6.07, 6.45) is 2.37. The first-order valence-corrected chi connectivity index (χ1v) is 10.2. The molecule has 0 radical (unpaired) electrons. The topological polar surface area (TPSA) is 83.0 Å². The summed E-state index contributed by atoms with van der Waals surface area (Å²) in [6, 6.07) is 6.91. The van der Waals surface area contributed by atoms with Crippen molar-refractivity contribution in [3.05, 3.63) is 29.8 Å². The normalized spacial score (nSPS) is 15.6. The molecule has 25 heavy (non-hydrogen) atoms. The van der Waals surface area contributed by atoms with Crippen LogP contribution in [0.4, 0.5) is 0 Å². The van der Waals surface area contributed by atoms with E-state index in [1.54, 1.807) is 18.2 Å². The second-order valence-electron chi connectivity index (χ2n) is 5.90. The SMILES string of the molecule is CCNC(=NCc1cccc(S(=O)(=O)NCCOC)c1)N1CCCC1. The van der Waals surface area contributed by atoms with Crippen molar-refractivity contribution in [3.8, 4) is 0 Å². The van der Waals surface area contributed by atoms with Crippen molar-refractivity contribution in [2.75, 3.05) is 39.9 Å². The molecule has 0 aliphatic carbocycles. The standard InChI is InChI=1S/C17H28N4O3S/c1-3-18-17(21-10-4-5-11-21)19-14-15-7-6-8-16(13-15)25(22,23)20-9-12-24-2/h6-8,13,20H,3-5,9-12,14H2,1-2H3,(H,18,19). The number of sulfonamides is 1. The molecule has 1 fully saturated rings. The first kappa shape index (κ1) is 19.7. The molecule has 7 nitrogen and oxygen atoms in total. The van der Waals surface area contributed by atoms with Gasteiger partial charge in [0.15, 0.2) is 5.96 Å². The smallest absolute Gasteiger partial charge is 0.240 e. The molecule has 1 aliphatic rings. The maximum absolute atomic E-state index is 12.3. The zero-order valence-electron chi connectivity index (χ0n) is 15.0. The van der Waals surface area contributed by atoms with Crippen LogP contribution in [-0.2, 0) is 21.3 Å². The fourth-order valence-corrected chi connectivity index (χ4v) is 3.78. The van der Waals surface area contributed by atoms with E-state index in [1.165, 1.54) is 20.0 Å². The van der Waals surface area contributed by atoms with Crippen molar-refractivity contribution in [2.45, 2.75) is 31.2 Å². The Labute approximate surface area is 150 Å². The molecule has 1 saturated heterocycles. The predicted molar refractivity (Wildman–Crippen MR) is 99.1 cm³/mol. The van der Waals surface area contributed by atoms with Gasteiger partial charge in [-0.1, -0.05) is 12.1 Å². The van der Waals surface area contributed by atoms with Gasteiger partial charge in [0.25, 0.3) is 0 Å². The Morgan fingerprint density at radius 1 is 1.32 bits per heavy atom. The molecule has 140 valence electrons. The Bertz CT molecular complexity index is 670. The summed E-state index contributed by atoms with van der Waals surface area (Å²) < 4.78 is 32.0. The number of hydrogen-bond donors (Lipinski definition) is 2. The summed E-state index contributed by atoms with van der Waals surface area (Å²) in [6.45, 7) is 5.93. The van der Waals surface area contributed by atoms with E-state index in [4.69, 9.17) is 4.74 Å². The van der Waals surface area contributed by atoms with Crippen LogP contribution < -0.4 is 10.0 Å². The summed E-state index contributed by atoms with van der Waals surface area (Å²) >= 11 is 0. The van der Waals surface area contributed by atoms with Crippen LogP contribution in [0.5, 0.6) is 0 Å². The van der Waals surface area contributed by atoms with Gasteiger partial charge in [0.05, 0.1) is 18.0 Å². The first-order chi connectivity index (χ1) is 12.1. The predicted octanol–water partition coefficient (Wildman–Crippen LogP) is 1.17. The highest BCUT2D eigenvalue weighted by Gasteiger charge is 2.16. The average molecular weight is 369 g/mol. The van der Waals surface area contributed by atoms with E-state index in [1.807, 2.05) is 13.0 Å². The number of ether oxygens (including phenoxy) is 1. The molecule has 0 saturated carbocycles. The molecule has 0 atom stereocenters. The third kappa shape index (κ3) is 5.98. The number of methoxy groups -OCH3 is 1. The van der Waals surface area contributed by atoms with Gasteiger partial charge in [0, 0.05) is 33.3 Å². The number of aliphatic imine (C=N–C) groups is 1. The molecule has 0 bridgehead atoms. The molecule has 0 unspecified atom stereocenters. The number of rotatable bonds is 8. The third-order valence-corrected chi connectivity index (χ3v) is 5.42. The third-order valence-electron chi connectivity index (χ3n) is 3.96. The molecule has 2 rings (SSSR count). The Morgan fingerprint density at radius 3 is 2.76 bits per heavy atom. The van der Waals surface area contributed by atoms with Gasteiger partial charge in [-0.15, -0.1) is 0 Å². The highest BCUT2D eigenvalue weighted by molar-refractivity contribution is 7.89. The summed E-state index contributed by atoms with van der Waals surface area (Å²) in [5.41, 5.74) is 0.865. The molecule has 1 aliphatic heterocycles. The molecular weight excluding hydrogens is 340 g/mol. The van der Waals surface area contributed by atoms with E-state index in [9.17, 15) is 8.42 Å². The molecule has 0 amide bonds. The van der Waals surface area contributed by atoms with Crippen molar-refractivity contribution in [1.29, 1.82) is 0 Å². The highest BCUT2D eigenvalue weighted by atomic mass is 32.2. The minimum absolute atomic E-state index is 0.251. The van der Waals surface area contributed by atoms with Crippen LogP contribution in [0.2, 0.25) is 0 Å². The Balaban J connectivity index is 2.08. The van der Waals surface area contributed by atoms with Gasteiger partial charge in [0.1, 0.15) is 0 Å². The number of hydrogen-bond acceptors (Lipinski definition) is 4. The van der Waals surface area contributed by atoms with Crippen molar-refractivity contribution in [2.24, 2.45) is 4.99 Å². The van der Waals surface area contributed by atoms with Crippen LogP contribution in [0.25, 0.3) is 0 Å². The summed E-state index contributed by atoms with van der Waals surface area (Å²) in [5.74, 6) is 0.895. The lowest BCUT2D eigenvalue weighted by Gasteiger charge is -2.20. The van der Waals surface area contributed by atoms with Crippen LogP contribution in [0.1, 0.15) is 25.3 Å². The minimum Gasteiger partial charge on any atom is -0.383 e. The molecule has 1 heterocycles. The zero-order chi connectivity index (χ0) is 18.1. The molecule has 1 aromatic rings. The molecule has 2 N–H and O–H groups in total. The molecule has 1 aromatic carbocycles. The van der Waals surface area contributed by atoms with Gasteiger partial charge < -0.3 is 15.0 Å². The van der Waals surface area contributed by atoms with Crippen LogP contribution in [-0.4, -0.2) is 59.2 Å². The van der Waals surface area contributed by atoms with Gasteiger partial charge in [-0.3, -0.25) is 0 Å². The second-order valence-corrected chi connectivity index (χ2v) is 7.67. The van der Waals surface area contributed by atoms with Crippen molar-refractivity contribution < 1.29 is 13.2 Å². The average Bonchev–Trinajstić information content (AvgIpc) is 3.13. The molecule has 0 aromatic heterocycles. The van der Waals surface area contributed by atoms with E-state index in [0.29, 0.717) is 13.2 Å². The lowest BCUT2D eigenvalue weighted by molar-refractivity contribution is 0.204. The summed E-state index contributed by atoms with van der Waals surface area (Å²) in [5, 5.41) is 3.31. The quantitative estimate of drug-likeness (QED) is 0.409. The van der Waals surface area contributed by atoms with Gasteiger partial charge >= 0.3 is 0 Å². The second kappa shape index (κ2) is 9.74. The van der Waals surface area contributed by atoms with E-state index >= 15 is 0 Å². The number of guanidine groups is 1. The monoisotopic (exact) mass is 368 g/mol. The van der Waals surface area contributed by atoms with Crippen molar-refractivity contribution in [3.63, 3.8) is 0 Å². The maximum Gasteiger partial charge on any atom is 0.240 e. The van der Waals surface area contributed by atoms with Crippen LogP contribution in [0.3, 0.4) is 0 Å². The van der Waals surface area contributed by atoms with Gasteiger partial charge in [-0.05, 0) is 37.5 Å². The summed E-state index contributed by atoms with van der Waals surface area (Å²) in [7, 11) is -1.99. The van der Waals surface area contributed by atoms with Gasteiger partial charge in [-0.2, -0.15) is 0 Å². The number of likely N-dealkylation sites (tertiary alicyclic amines) is 1. The fourth-order valence-electron chi connectivity index (χ4n) is 2.69. The Kier molecular flexibility index (Phi) is 7.67. The van der Waals surface area contributed by atoms with Gasteiger partial charge in [0.2, 0.25) is 10.0 Å². The molecular formula is C17H28N4O3S. The van der Waals surface area contributed by atoms with Gasteiger partial charge in [-0.25, -0.2) is 18.1 Å². The van der Waals surface area contributed by atoms with Crippen LogP contribution >= 0.6 is 0 Å². The van der Waals surface area contributed by atoms with Crippen LogP contribution in [0, 0.1) is 0 Å². The highest BCUT2D eigenvalue weighted by Crippen LogP contribution is 2.13. The number of benzene rings is 1. The van der Waals surface area contributed by atoms with E-state index in [-0.39, 0.29) is 11.4 Å². The molecule has 0 spiro atoms. The van der Waals surface area contributed by atoms with Crippen molar-refractivity contribution in [1.82, 2.24) is 14.9 Å². The fraction of sp³-hybridized carbons (Fsp3) is 0.588. The maximum atomic E-state index is 12.3. The minimum atomic E-state index is -3.52. The molecule has 8 heteroatoms. The number of nitrogens with one attached hydrogen (secondary N) is 2. The largest absolute Gasteiger partial charge is 0.383 e. The first-order valence-electron chi connectivity index (χ1n) is 8.67. The lowest BCUT2D eigenvalue weighted by Crippen LogP contribution is -2.39. The zero-order valence-corrected chi connectivity index (χ0v) is 15.8. The lowest BCUT2D eigenvalue weighted by atomic mass is 10.2. The van der Waals surface area contributed by atoms with E-state index < -0.39 is 10.0 Å². The van der Waals surface area contributed by atoms with E-state index in [0.717, 1.165) is 31.2 Å². The summed E-state index contributed by atoms with van der Waals surface area (Å²) in [4.78, 5) is 7.16.